The number of nitrogens with zero attached hydrogens (tertiary/aromatic N) is 2. The fourth-order valence-electron chi connectivity index (χ4n) is 2.61. The summed E-state index contributed by atoms with van der Waals surface area (Å²) >= 11 is 0. The number of amides is 1. The van der Waals surface area contributed by atoms with Crippen LogP contribution in [0.2, 0.25) is 0 Å². The molecule has 2 saturated heterocycles. The molecule has 0 aliphatic carbocycles. The topological polar surface area (TPSA) is 35.6 Å². The van der Waals surface area contributed by atoms with Gasteiger partial charge in [0.05, 0.1) is 0 Å². The number of hydrogen-bond donors (Lipinski definition) is 1. The van der Waals surface area contributed by atoms with Gasteiger partial charge in [-0.05, 0) is 32.9 Å². The SMILES string of the molecule is CC(CC(=O)N1CCNCC1)N1CCCC1. The molecule has 1 amide bonds. The molecule has 0 radical (unpaired) electrons. The molecule has 1 atom stereocenters. The molecule has 0 aromatic heterocycles. The van der Waals surface area contributed by atoms with Crippen LogP contribution in [0.25, 0.3) is 0 Å². The van der Waals surface area contributed by atoms with Crippen LogP contribution in [0.5, 0.6) is 0 Å². The zero-order chi connectivity index (χ0) is 11.4. The molecular formula is C12H23N3O. The van der Waals surface area contributed by atoms with Crippen molar-refractivity contribution in [2.45, 2.75) is 32.2 Å². The van der Waals surface area contributed by atoms with Gasteiger partial charge in [-0.1, -0.05) is 0 Å². The van der Waals surface area contributed by atoms with E-state index in [9.17, 15) is 4.79 Å². The van der Waals surface area contributed by atoms with Gasteiger partial charge in [-0.2, -0.15) is 0 Å². The number of carbonyl (C=O) groups excluding carboxylic acids is 1. The van der Waals surface area contributed by atoms with Crippen molar-refractivity contribution in [2.24, 2.45) is 0 Å². The summed E-state index contributed by atoms with van der Waals surface area (Å²) in [6, 6.07) is 0.421. The van der Waals surface area contributed by atoms with E-state index in [1.807, 2.05) is 4.90 Å². The van der Waals surface area contributed by atoms with Crippen LogP contribution in [0.1, 0.15) is 26.2 Å². The maximum Gasteiger partial charge on any atom is 0.224 e. The average Bonchev–Trinajstić information content (AvgIpc) is 2.83. The van der Waals surface area contributed by atoms with Crippen molar-refractivity contribution in [1.82, 2.24) is 15.1 Å². The van der Waals surface area contributed by atoms with E-state index in [4.69, 9.17) is 0 Å². The Hall–Kier alpha value is -0.610. The van der Waals surface area contributed by atoms with E-state index < -0.39 is 0 Å². The van der Waals surface area contributed by atoms with E-state index in [2.05, 4.69) is 17.1 Å². The van der Waals surface area contributed by atoms with Crippen molar-refractivity contribution in [1.29, 1.82) is 0 Å². The van der Waals surface area contributed by atoms with Crippen LogP contribution in [0.15, 0.2) is 0 Å². The second-order valence-electron chi connectivity index (χ2n) is 4.93. The summed E-state index contributed by atoms with van der Waals surface area (Å²) < 4.78 is 0. The van der Waals surface area contributed by atoms with Gasteiger partial charge < -0.3 is 15.1 Å². The normalized spacial score (nSPS) is 24.7. The molecule has 1 N–H and O–H groups in total. The van der Waals surface area contributed by atoms with E-state index in [-0.39, 0.29) is 0 Å². The van der Waals surface area contributed by atoms with Gasteiger partial charge >= 0.3 is 0 Å². The van der Waals surface area contributed by atoms with Crippen LogP contribution in [0.3, 0.4) is 0 Å². The Bertz CT molecular complexity index is 232. The minimum Gasteiger partial charge on any atom is -0.340 e. The number of carbonyl (C=O) groups is 1. The molecule has 16 heavy (non-hydrogen) atoms. The van der Waals surface area contributed by atoms with Gasteiger partial charge in [0.1, 0.15) is 0 Å². The largest absolute Gasteiger partial charge is 0.340 e. The maximum atomic E-state index is 12.0. The third-order valence-corrected chi connectivity index (χ3v) is 3.70. The first-order valence-corrected chi connectivity index (χ1v) is 6.50. The Kier molecular flexibility index (Phi) is 4.18. The lowest BCUT2D eigenvalue weighted by Crippen LogP contribution is -2.48. The van der Waals surface area contributed by atoms with Crippen LogP contribution in [0, 0.1) is 0 Å². The van der Waals surface area contributed by atoms with E-state index in [1.165, 1.54) is 25.9 Å². The Labute approximate surface area is 98.0 Å². The molecule has 2 fully saturated rings. The lowest BCUT2D eigenvalue weighted by atomic mass is 10.2. The highest BCUT2D eigenvalue weighted by molar-refractivity contribution is 5.76. The number of nitrogens with one attached hydrogen (secondary N) is 1. The first kappa shape index (κ1) is 11.9. The monoisotopic (exact) mass is 225 g/mol. The smallest absolute Gasteiger partial charge is 0.224 e. The van der Waals surface area contributed by atoms with Crippen LogP contribution < -0.4 is 5.32 Å². The highest BCUT2D eigenvalue weighted by atomic mass is 16.2. The van der Waals surface area contributed by atoms with E-state index in [0.717, 1.165) is 26.2 Å². The standard InChI is InChI=1S/C12H23N3O/c1-11(14-6-2-3-7-14)10-12(16)15-8-4-13-5-9-15/h11,13H,2-10H2,1H3. The van der Waals surface area contributed by atoms with Crippen molar-refractivity contribution in [2.75, 3.05) is 39.3 Å². The third-order valence-electron chi connectivity index (χ3n) is 3.70. The highest BCUT2D eigenvalue weighted by Gasteiger charge is 2.23. The lowest BCUT2D eigenvalue weighted by Gasteiger charge is -2.30. The van der Waals surface area contributed by atoms with E-state index >= 15 is 0 Å². The first-order chi connectivity index (χ1) is 7.77. The van der Waals surface area contributed by atoms with E-state index in [0.29, 0.717) is 18.4 Å². The number of likely N-dealkylation sites (tertiary alicyclic amines) is 1. The molecule has 0 bridgehead atoms. The van der Waals surface area contributed by atoms with Crippen molar-refractivity contribution in [3.8, 4) is 0 Å². The summed E-state index contributed by atoms with van der Waals surface area (Å²) in [6.45, 7) is 8.20. The van der Waals surface area contributed by atoms with Gasteiger partial charge in [0, 0.05) is 38.6 Å². The highest BCUT2D eigenvalue weighted by Crippen LogP contribution is 2.14. The summed E-state index contributed by atoms with van der Waals surface area (Å²) in [5, 5.41) is 3.27. The molecule has 0 aromatic carbocycles. The quantitative estimate of drug-likeness (QED) is 0.750. The second kappa shape index (κ2) is 5.64. The Morgan fingerprint density at radius 1 is 1.19 bits per heavy atom. The van der Waals surface area contributed by atoms with Crippen molar-refractivity contribution < 1.29 is 4.79 Å². The predicted molar refractivity (Wildman–Crippen MR) is 64.3 cm³/mol. The number of piperazine rings is 1. The molecule has 0 saturated carbocycles. The molecule has 2 rings (SSSR count). The number of hydrogen-bond acceptors (Lipinski definition) is 3. The fourth-order valence-corrected chi connectivity index (χ4v) is 2.61. The summed E-state index contributed by atoms with van der Waals surface area (Å²) in [5.74, 6) is 0.334. The minimum atomic E-state index is 0.334. The Morgan fingerprint density at radius 2 is 1.81 bits per heavy atom. The van der Waals surface area contributed by atoms with Gasteiger partial charge in [-0.25, -0.2) is 0 Å². The summed E-state index contributed by atoms with van der Waals surface area (Å²) in [4.78, 5) is 16.5. The molecule has 92 valence electrons. The second-order valence-corrected chi connectivity index (χ2v) is 4.93. The maximum absolute atomic E-state index is 12.0. The van der Waals surface area contributed by atoms with E-state index in [1.54, 1.807) is 0 Å². The third kappa shape index (κ3) is 2.95. The Morgan fingerprint density at radius 3 is 2.44 bits per heavy atom. The molecule has 2 aliphatic heterocycles. The van der Waals surface area contributed by atoms with Gasteiger partial charge in [-0.15, -0.1) is 0 Å². The zero-order valence-electron chi connectivity index (χ0n) is 10.2. The van der Waals surface area contributed by atoms with Crippen molar-refractivity contribution in [3.63, 3.8) is 0 Å². The van der Waals surface area contributed by atoms with Gasteiger partial charge in [0.15, 0.2) is 0 Å². The van der Waals surface area contributed by atoms with Crippen molar-refractivity contribution in [3.05, 3.63) is 0 Å². The fraction of sp³-hybridized carbons (Fsp3) is 0.917. The van der Waals surface area contributed by atoms with Crippen LogP contribution in [-0.2, 0) is 4.79 Å². The Balaban J connectivity index is 1.76. The summed E-state index contributed by atoms with van der Waals surface area (Å²) in [5.41, 5.74) is 0. The molecule has 2 heterocycles. The molecule has 0 aromatic rings. The summed E-state index contributed by atoms with van der Waals surface area (Å²) in [7, 11) is 0. The van der Waals surface area contributed by atoms with Gasteiger partial charge in [-0.3, -0.25) is 4.79 Å². The minimum absolute atomic E-state index is 0.334. The first-order valence-electron chi connectivity index (χ1n) is 6.50. The predicted octanol–water partition coefficient (Wildman–Crippen LogP) is 0.293. The van der Waals surface area contributed by atoms with Crippen molar-refractivity contribution >= 4 is 5.91 Å². The summed E-state index contributed by atoms with van der Waals surface area (Å²) in [6.07, 6.45) is 3.29. The molecule has 2 aliphatic rings. The zero-order valence-corrected chi connectivity index (χ0v) is 10.2. The molecule has 4 nitrogen and oxygen atoms in total. The lowest BCUT2D eigenvalue weighted by molar-refractivity contribution is -0.132. The van der Waals surface area contributed by atoms with Crippen LogP contribution in [0.4, 0.5) is 0 Å². The number of rotatable bonds is 3. The molecule has 1 unspecified atom stereocenters. The average molecular weight is 225 g/mol. The van der Waals surface area contributed by atoms with Gasteiger partial charge in [0.2, 0.25) is 5.91 Å². The molecular weight excluding hydrogens is 202 g/mol. The van der Waals surface area contributed by atoms with Gasteiger partial charge in [0.25, 0.3) is 0 Å². The van der Waals surface area contributed by atoms with Crippen LogP contribution in [-0.4, -0.2) is 61.0 Å². The van der Waals surface area contributed by atoms with Crippen LogP contribution >= 0.6 is 0 Å². The molecule has 0 spiro atoms. The molecule has 4 heteroatoms.